The van der Waals surface area contributed by atoms with Crippen LogP contribution in [0.3, 0.4) is 0 Å². The first-order chi connectivity index (χ1) is 5.36. The number of benzene rings is 1. The molecule has 0 aromatic heterocycles. The van der Waals surface area contributed by atoms with Crippen LogP contribution in [0.5, 0.6) is 0 Å². The van der Waals surface area contributed by atoms with E-state index in [0.29, 0.717) is 6.04 Å². The molecule has 1 N–H and O–H groups in total. The largest absolute Gasteiger partial charge is 0.310 e. The van der Waals surface area contributed by atoms with Gasteiger partial charge in [0.15, 0.2) is 0 Å². The molecule has 0 aliphatic carbocycles. The summed E-state index contributed by atoms with van der Waals surface area (Å²) in [5.74, 6) is -0.159. The normalized spacial score (nSPS) is 20.9. The van der Waals surface area contributed by atoms with Crippen molar-refractivity contribution in [2.24, 2.45) is 0 Å². The lowest BCUT2D eigenvalue weighted by atomic mass is 9.98. The third kappa shape index (κ3) is 1.76. The van der Waals surface area contributed by atoms with Crippen LogP contribution in [0.4, 0.5) is 4.39 Å². The number of nitrogens with one attached hydrogen (secondary N) is 1. The predicted molar refractivity (Wildman–Crippen MR) is 49.0 cm³/mol. The summed E-state index contributed by atoms with van der Waals surface area (Å²) in [6.45, 7) is 1.09. The molecular weight excluding hydrogens is 177 g/mol. The quantitative estimate of drug-likeness (QED) is 0.712. The topological polar surface area (TPSA) is 12.0 Å². The van der Waals surface area contributed by atoms with Crippen molar-refractivity contribution in [3.8, 4) is 0 Å². The molecule has 1 aromatic carbocycles. The van der Waals surface area contributed by atoms with Crippen molar-refractivity contribution < 1.29 is 4.39 Å². The molecule has 1 aliphatic rings. The zero-order chi connectivity index (χ0) is 7.68. The zero-order valence-electron chi connectivity index (χ0n) is 6.59. The number of hydrogen-bond donors (Lipinski definition) is 1. The molecule has 0 bridgehead atoms. The maximum absolute atomic E-state index is 12.5. The Kier molecular flexibility index (Phi) is 3.06. The molecule has 1 aliphatic heterocycles. The van der Waals surface area contributed by atoms with E-state index in [4.69, 9.17) is 0 Å². The molecule has 3 heteroatoms. The Morgan fingerprint density at radius 2 is 1.83 bits per heavy atom. The third-order valence-electron chi connectivity index (χ3n) is 2.10. The first-order valence-electron chi connectivity index (χ1n) is 3.85. The molecule has 66 valence electrons. The van der Waals surface area contributed by atoms with E-state index in [1.54, 1.807) is 0 Å². The molecule has 0 saturated carbocycles. The van der Waals surface area contributed by atoms with E-state index in [1.807, 2.05) is 12.1 Å². The molecule has 0 radical (unpaired) electrons. The summed E-state index contributed by atoms with van der Waals surface area (Å²) in [5.41, 5.74) is 1.19. The molecule has 1 saturated heterocycles. The van der Waals surface area contributed by atoms with Gasteiger partial charge in [-0.25, -0.2) is 4.39 Å². The van der Waals surface area contributed by atoms with Crippen LogP contribution in [0, 0.1) is 5.82 Å². The first kappa shape index (κ1) is 9.49. The van der Waals surface area contributed by atoms with Gasteiger partial charge in [-0.05, 0) is 30.7 Å². The summed E-state index contributed by atoms with van der Waals surface area (Å²) < 4.78 is 12.5. The van der Waals surface area contributed by atoms with Gasteiger partial charge in [0.1, 0.15) is 5.82 Å². The van der Waals surface area contributed by atoms with Crippen LogP contribution in [0.2, 0.25) is 0 Å². The molecule has 0 spiro atoms. The van der Waals surface area contributed by atoms with Gasteiger partial charge in [0.05, 0.1) is 0 Å². The fourth-order valence-corrected chi connectivity index (χ4v) is 1.27. The van der Waals surface area contributed by atoms with Crippen LogP contribution in [0.1, 0.15) is 18.0 Å². The van der Waals surface area contributed by atoms with E-state index >= 15 is 0 Å². The fraction of sp³-hybridized carbons (Fsp3) is 0.333. The van der Waals surface area contributed by atoms with E-state index < -0.39 is 0 Å². The van der Waals surface area contributed by atoms with Crippen LogP contribution in [-0.2, 0) is 0 Å². The Balaban J connectivity index is 0.000000720. The Labute approximate surface area is 77.4 Å². The minimum absolute atomic E-state index is 0. The molecule has 1 aromatic rings. The van der Waals surface area contributed by atoms with Crippen LogP contribution >= 0.6 is 12.4 Å². The second-order valence-corrected chi connectivity index (χ2v) is 2.85. The molecule has 2 rings (SSSR count). The molecule has 12 heavy (non-hydrogen) atoms. The fourth-order valence-electron chi connectivity index (χ4n) is 1.27. The van der Waals surface area contributed by atoms with Gasteiger partial charge in [-0.1, -0.05) is 12.1 Å². The lowest BCUT2D eigenvalue weighted by Gasteiger charge is -2.27. The lowest BCUT2D eigenvalue weighted by molar-refractivity contribution is 0.383. The van der Waals surface area contributed by atoms with Crippen molar-refractivity contribution in [3.63, 3.8) is 0 Å². The molecule has 1 heterocycles. The standard InChI is InChI=1S/C9H10FN.ClH/c10-8-3-1-7(2-4-8)9-5-6-11-9;/h1-4,9,11H,5-6H2;1H/t9-;/m1./s1. The van der Waals surface area contributed by atoms with E-state index in [-0.39, 0.29) is 18.2 Å². The highest BCUT2D eigenvalue weighted by molar-refractivity contribution is 5.85. The highest BCUT2D eigenvalue weighted by Gasteiger charge is 2.17. The van der Waals surface area contributed by atoms with Gasteiger partial charge in [-0.15, -0.1) is 12.4 Å². The van der Waals surface area contributed by atoms with E-state index in [9.17, 15) is 4.39 Å². The third-order valence-corrected chi connectivity index (χ3v) is 2.10. The number of rotatable bonds is 1. The van der Waals surface area contributed by atoms with Gasteiger partial charge in [0.2, 0.25) is 0 Å². The summed E-state index contributed by atoms with van der Waals surface area (Å²) in [4.78, 5) is 0. The zero-order valence-corrected chi connectivity index (χ0v) is 7.40. The predicted octanol–water partition coefficient (Wildman–Crippen LogP) is 2.28. The summed E-state index contributed by atoms with van der Waals surface area (Å²) in [6, 6.07) is 7.17. The van der Waals surface area contributed by atoms with Crippen LogP contribution in [0.25, 0.3) is 0 Å². The lowest BCUT2D eigenvalue weighted by Crippen LogP contribution is -2.34. The van der Waals surface area contributed by atoms with Gasteiger partial charge < -0.3 is 5.32 Å². The van der Waals surface area contributed by atoms with Gasteiger partial charge >= 0.3 is 0 Å². The summed E-state index contributed by atoms with van der Waals surface area (Å²) >= 11 is 0. The molecule has 0 amide bonds. The van der Waals surface area contributed by atoms with Crippen molar-refractivity contribution in [3.05, 3.63) is 35.6 Å². The van der Waals surface area contributed by atoms with Crippen LogP contribution < -0.4 is 5.32 Å². The molecule has 1 atom stereocenters. The van der Waals surface area contributed by atoms with Gasteiger partial charge in [0, 0.05) is 6.04 Å². The second-order valence-electron chi connectivity index (χ2n) is 2.85. The smallest absolute Gasteiger partial charge is 0.123 e. The maximum atomic E-state index is 12.5. The average Bonchev–Trinajstić information content (AvgIpc) is 1.90. The highest BCUT2D eigenvalue weighted by atomic mass is 35.5. The Hall–Kier alpha value is -0.600. The van der Waals surface area contributed by atoms with E-state index in [0.717, 1.165) is 6.54 Å². The van der Waals surface area contributed by atoms with Gasteiger partial charge in [-0.3, -0.25) is 0 Å². The first-order valence-corrected chi connectivity index (χ1v) is 3.85. The van der Waals surface area contributed by atoms with Crippen molar-refractivity contribution in [1.29, 1.82) is 0 Å². The Morgan fingerprint density at radius 3 is 2.25 bits per heavy atom. The molecule has 0 unspecified atom stereocenters. The van der Waals surface area contributed by atoms with Crippen LogP contribution in [0.15, 0.2) is 24.3 Å². The van der Waals surface area contributed by atoms with Crippen LogP contribution in [-0.4, -0.2) is 6.54 Å². The summed E-state index contributed by atoms with van der Waals surface area (Å²) in [7, 11) is 0. The van der Waals surface area contributed by atoms with Crippen molar-refractivity contribution in [1.82, 2.24) is 5.32 Å². The van der Waals surface area contributed by atoms with Crippen molar-refractivity contribution in [2.75, 3.05) is 6.54 Å². The van der Waals surface area contributed by atoms with Crippen molar-refractivity contribution in [2.45, 2.75) is 12.5 Å². The van der Waals surface area contributed by atoms with Crippen molar-refractivity contribution >= 4 is 12.4 Å². The Bertz CT molecular complexity index is 243. The van der Waals surface area contributed by atoms with E-state index in [1.165, 1.54) is 24.1 Å². The minimum Gasteiger partial charge on any atom is -0.310 e. The van der Waals surface area contributed by atoms with Gasteiger partial charge in [0.25, 0.3) is 0 Å². The summed E-state index contributed by atoms with van der Waals surface area (Å²) in [5, 5.41) is 3.26. The monoisotopic (exact) mass is 187 g/mol. The molecule has 1 nitrogen and oxygen atoms in total. The van der Waals surface area contributed by atoms with E-state index in [2.05, 4.69) is 5.32 Å². The van der Waals surface area contributed by atoms with Gasteiger partial charge in [-0.2, -0.15) is 0 Å². The minimum atomic E-state index is -0.159. The number of hydrogen-bond acceptors (Lipinski definition) is 1. The number of halogens is 2. The summed E-state index contributed by atoms with van der Waals surface area (Å²) in [6.07, 6.45) is 1.17. The Morgan fingerprint density at radius 1 is 1.25 bits per heavy atom. The molecular formula is C9H11ClFN. The molecule has 1 fully saturated rings. The maximum Gasteiger partial charge on any atom is 0.123 e. The second kappa shape index (κ2) is 3.87. The SMILES string of the molecule is Cl.Fc1ccc([C@H]2CCN2)cc1. The highest BCUT2D eigenvalue weighted by Crippen LogP contribution is 2.22. The average molecular weight is 188 g/mol.